The second-order valence-electron chi connectivity index (χ2n) is 3.27. The van der Waals surface area contributed by atoms with Gasteiger partial charge in [0.25, 0.3) is 0 Å². The van der Waals surface area contributed by atoms with Crippen LogP contribution in [0.1, 0.15) is 5.56 Å². The van der Waals surface area contributed by atoms with E-state index in [2.05, 4.69) is 46.7 Å². The van der Waals surface area contributed by atoms with Gasteiger partial charge in [-0.3, -0.25) is 0 Å². The Balaban J connectivity index is 2.04. The number of nitrogens with zero attached hydrogens (tertiary/aromatic N) is 2. The van der Waals surface area contributed by atoms with Crippen molar-refractivity contribution in [3.05, 3.63) is 46.7 Å². The van der Waals surface area contributed by atoms with Gasteiger partial charge in [0.05, 0.1) is 6.20 Å². The van der Waals surface area contributed by atoms with Crippen molar-refractivity contribution in [3.8, 4) is 5.88 Å². The molecule has 0 aliphatic rings. The van der Waals surface area contributed by atoms with Crippen molar-refractivity contribution >= 4 is 38.3 Å². The fourth-order valence-corrected chi connectivity index (χ4v) is 1.97. The number of hydrogen-bond donors (Lipinski definition) is 1. The zero-order valence-corrected chi connectivity index (χ0v) is 11.7. The Kier molecular flexibility index (Phi) is 4.37. The number of aromatic nitrogens is 2. The normalized spacial score (nSPS) is 9.94. The lowest BCUT2D eigenvalue weighted by atomic mass is 10.2. The molecular weight excluding hydrogens is 297 g/mol. The largest absolute Gasteiger partial charge is 0.474 e. The highest BCUT2D eigenvalue weighted by molar-refractivity contribution is 9.10. The first-order valence-electron chi connectivity index (χ1n) is 4.95. The third kappa shape index (κ3) is 3.43. The summed E-state index contributed by atoms with van der Waals surface area (Å²) in [6.07, 6.45) is 1.58. The number of rotatable bonds is 4. The molecule has 0 saturated carbocycles. The van der Waals surface area contributed by atoms with Crippen LogP contribution in [0.15, 0.2) is 41.1 Å². The molecule has 2 rings (SSSR count). The summed E-state index contributed by atoms with van der Waals surface area (Å²) in [5.41, 5.74) is 1.10. The maximum absolute atomic E-state index is 5.55. The minimum absolute atomic E-state index is 0.480. The van der Waals surface area contributed by atoms with Gasteiger partial charge in [0, 0.05) is 0 Å². The van der Waals surface area contributed by atoms with Gasteiger partial charge in [0.15, 0.2) is 0 Å². The van der Waals surface area contributed by atoms with Crippen LogP contribution in [0.4, 0.5) is 5.82 Å². The molecule has 0 saturated heterocycles. The molecule has 0 amide bonds. The zero-order chi connectivity index (χ0) is 12.1. The van der Waals surface area contributed by atoms with Gasteiger partial charge in [-0.1, -0.05) is 30.3 Å². The van der Waals surface area contributed by atoms with Crippen LogP contribution < -0.4 is 9.04 Å². The summed E-state index contributed by atoms with van der Waals surface area (Å²) in [5, 5.41) is 0. The second kappa shape index (κ2) is 6.01. The van der Waals surface area contributed by atoms with E-state index < -0.39 is 0 Å². The monoisotopic (exact) mass is 305 g/mol. The molecule has 2 aromatic rings. The van der Waals surface area contributed by atoms with E-state index >= 15 is 0 Å². The van der Waals surface area contributed by atoms with Crippen molar-refractivity contribution in [1.82, 2.24) is 9.97 Å². The molecule has 0 spiro atoms. The van der Waals surface area contributed by atoms with Gasteiger partial charge < -0.3 is 9.04 Å². The van der Waals surface area contributed by atoms with Gasteiger partial charge in [0.2, 0.25) is 5.88 Å². The highest BCUT2D eigenvalue weighted by Crippen LogP contribution is 2.19. The minimum atomic E-state index is 0.480. The smallest absolute Gasteiger partial charge is 0.308 e. The third-order valence-corrected chi connectivity index (χ3v) is 2.93. The Bertz CT molecular complexity index is 495. The van der Waals surface area contributed by atoms with Gasteiger partial charge in [0.1, 0.15) is 17.0 Å². The number of hydrogen-bond acceptors (Lipinski definition) is 4. The highest BCUT2D eigenvalue weighted by atomic mass is 79.9. The van der Waals surface area contributed by atoms with Gasteiger partial charge in [-0.2, -0.15) is 4.98 Å². The lowest BCUT2D eigenvalue weighted by molar-refractivity contribution is 0.293. The molecule has 0 fully saturated rings. The highest BCUT2D eigenvalue weighted by Gasteiger charge is 2.03. The molecule has 17 heavy (non-hydrogen) atoms. The van der Waals surface area contributed by atoms with Gasteiger partial charge in [-0.15, -0.1) is 0 Å². The first-order valence-corrected chi connectivity index (χ1v) is 6.32. The van der Waals surface area contributed by atoms with E-state index in [1.807, 2.05) is 30.3 Å². The average Bonchev–Trinajstić information content (AvgIpc) is 2.39. The van der Waals surface area contributed by atoms with Crippen LogP contribution in [-0.4, -0.2) is 26.5 Å². The molecule has 0 unspecified atom stereocenters. The summed E-state index contributed by atoms with van der Waals surface area (Å²) >= 11 is 5.65. The molecule has 1 aromatic carbocycles. The van der Waals surface area contributed by atoms with Crippen molar-refractivity contribution in [2.45, 2.75) is 6.61 Å². The molecule has 6 heteroatoms. The first-order chi connectivity index (χ1) is 8.29. The zero-order valence-electron chi connectivity index (χ0n) is 8.93. The molecule has 84 valence electrons. The number of anilines is 1. The molecule has 0 atom stereocenters. The Morgan fingerprint density at radius 2 is 2.06 bits per heavy atom. The van der Waals surface area contributed by atoms with Gasteiger partial charge in [-0.25, -0.2) is 4.98 Å². The fourth-order valence-electron chi connectivity index (χ4n) is 1.25. The maximum atomic E-state index is 5.55. The number of halogens is 1. The topological polar surface area (TPSA) is 47.0 Å². The Labute approximate surface area is 116 Å². The van der Waals surface area contributed by atoms with Crippen molar-refractivity contribution in [3.63, 3.8) is 0 Å². The molecule has 2 radical (unpaired) electrons. The molecule has 1 N–H and O–H groups in total. The summed E-state index contributed by atoms with van der Waals surface area (Å²) in [7, 11) is 0. The van der Waals surface area contributed by atoms with Crippen LogP contribution in [0.25, 0.3) is 0 Å². The van der Waals surface area contributed by atoms with Gasteiger partial charge >= 0.3 is 16.5 Å². The molecule has 0 bridgehead atoms. The first kappa shape index (κ1) is 12.4. The molecule has 0 aliphatic carbocycles. The van der Waals surface area contributed by atoms with E-state index in [-0.39, 0.29) is 0 Å². The summed E-state index contributed by atoms with van der Waals surface area (Å²) in [5.74, 6) is 1.11. The second-order valence-corrected chi connectivity index (χ2v) is 4.31. The van der Waals surface area contributed by atoms with Crippen LogP contribution in [0, 0.1) is 0 Å². The standard InChI is InChI=1S/C11H9BrN3O.Al/c12-10-11(13)15-9(6-14-10)16-7-8-4-2-1-3-5-8;/h1-6H,7H2,(H-,13,15);/q-1;+1. The van der Waals surface area contributed by atoms with Crippen molar-refractivity contribution in [2.75, 3.05) is 4.30 Å². The molecule has 0 aliphatic heterocycles. The molecule has 4 nitrogen and oxygen atoms in total. The van der Waals surface area contributed by atoms with Gasteiger partial charge in [-0.05, 0) is 21.5 Å². The number of ether oxygens (including phenoxy) is 1. The minimum Gasteiger partial charge on any atom is -0.474 e. The molecular formula is C11H9AlBrN3O. The maximum Gasteiger partial charge on any atom is 0.308 e. The number of nitrogens with one attached hydrogen (secondary N) is 1. The van der Waals surface area contributed by atoms with Crippen LogP contribution in [-0.2, 0) is 6.61 Å². The average molecular weight is 306 g/mol. The summed E-state index contributed by atoms with van der Waals surface area (Å²) in [6, 6.07) is 9.92. The molecule has 1 aromatic heterocycles. The van der Waals surface area contributed by atoms with E-state index in [1.54, 1.807) is 6.20 Å². The summed E-state index contributed by atoms with van der Waals surface area (Å²) in [4.78, 5) is 8.36. The summed E-state index contributed by atoms with van der Waals surface area (Å²) < 4.78 is 9.05. The lowest BCUT2D eigenvalue weighted by Crippen LogP contribution is -2.02. The van der Waals surface area contributed by atoms with Crippen LogP contribution in [0.5, 0.6) is 5.88 Å². The predicted octanol–water partition coefficient (Wildman–Crippen LogP) is 2.31. The number of benzene rings is 1. The molecule has 1 heterocycles. The third-order valence-electron chi connectivity index (χ3n) is 2.07. The Morgan fingerprint density at radius 1 is 1.29 bits per heavy atom. The van der Waals surface area contributed by atoms with Crippen molar-refractivity contribution in [1.29, 1.82) is 0 Å². The van der Waals surface area contributed by atoms with E-state index in [1.165, 1.54) is 0 Å². The lowest BCUT2D eigenvalue weighted by Gasteiger charge is -2.08. The SMILES string of the molecule is [Al][NH]c1nc(OCc2ccccc2)cnc1Br. The summed E-state index contributed by atoms with van der Waals surface area (Å²) in [6.45, 7) is 0.480. The van der Waals surface area contributed by atoms with E-state index in [0.29, 0.717) is 22.9 Å². The van der Waals surface area contributed by atoms with E-state index in [4.69, 9.17) is 4.74 Å². The van der Waals surface area contributed by atoms with Crippen molar-refractivity contribution < 1.29 is 4.74 Å². The Morgan fingerprint density at radius 3 is 2.76 bits per heavy atom. The van der Waals surface area contributed by atoms with E-state index in [0.717, 1.165) is 5.56 Å². The fraction of sp³-hybridized carbons (Fsp3) is 0.0909. The van der Waals surface area contributed by atoms with Crippen LogP contribution in [0.3, 0.4) is 0 Å². The predicted molar refractivity (Wildman–Crippen MR) is 69.9 cm³/mol. The quantitative estimate of drug-likeness (QED) is 0.881. The Hall–Kier alpha value is -1.09. The van der Waals surface area contributed by atoms with Crippen molar-refractivity contribution in [2.24, 2.45) is 0 Å². The van der Waals surface area contributed by atoms with E-state index in [9.17, 15) is 0 Å². The van der Waals surface area contributed by atoms with Crippen LogP contribution in [0.2, 0.25) is 0 Å². The van der Waals surface area contributed by atoms with Crippen LogP contribution >= 0.6 is 15.9 Å².